The monoisotopic (exact) mass is 208 g/mol. The minimum absolute atomic E-state index is 0.164. The second kappa shape index (κ2) is 5.71. The smallest absolute Gasteiger partial charge is 0.138 e. The van der Waals surface area contributed by atoms with Crippen LogP contribution in [0.4, 0.5) is 0 Å². The largest absolute Gasteiger partial charge is 0.488 e. The molecule has 1 N–H and O–H groups in total. The van der Waals surface area contributed by atoms with Crippen molar-refractivity contribution in [3.8, 4) is 5.75 Å². The van der Waals surface area contributed by atoms with Gasteiger partial charge >= 0.3 is 0 Å². The van der Waals surface area contributed by atoms with Crippen LogP contribution >= 0.6 is 0 Å². The highest BCUT2D eigenvalue weighted by Gasteiger charge is 2.04. The fourth-order valence-electron chi connectivity index (χ4n) is 1.20. The molecule has 0 spiro atoms. The minimum Gasteiger partial charge on any atom is -0.488 e. The lowest BCUT2D eigenvalue weighted by atomic mass is 10.3. The van der Waals surface area contributed by atoms with Crippen molar-refractivity contribution in [2.45, 2.75) is 39.8 Å². The number of hydrogen-bond donors (Lipinski definition) is 1. The van der Waals surface area contributed by atoms with Gasteiger partial charge in [-0.2, -0.15) is 0 Å². The molecule has 0 saturated carbocycles. The third-order valence-corrected chi connectivity index (χ3v) is 2.04. The number of ether oxygens (including phenoxy) is 1. The van der Waals surface area contributed by atoms with E-state index in [1.807, 2.05) is 19.1 Å². The van der Waals surface area contributed by atoms with Gasteiger partial charge < -0.3 is 10.1 Å². The summed E-state index contributed by atoms with van der Waals surface area (Å²) in [6, 6.07) is 4.40. The van der Waals surface area contributed by atoms with E-state index in [0.29, 0.717) is 6.04 Å². The second-order valence-electron chi connectivity index (χ2n) is 4.13. The van der Waals surface area contributed by atoms with Crippen LogP contribution in [-0.2, 0) is 0 Å². The number of aryl methyl sites for hydroxylation is 1. The molecule has 84 valence electrons. The molecular weight excluding hydrogens is 188 g/mol. The van der Waals surface area contributed by atoms with Gasteiger partial charge in [-0.25, -0.2) is 0 Å². The van der Waals surface area contributed by atoms with Crippen molar-refractivity contribution in [3.63, 3.8) is 0 Å². The van der Waals surface area contributed by atoms with Crippen molar-refractivity contribution in [1.29, 1.82) is 0 Å². The first kappa shape index (κ1) is 12.0. The number of hydrogen-bond acceptors (Lipinski definition) is 3. The van der Waals surface area contributed by atoms with E-state index >= 15 is 0 Å². The zero-order chi connectivity index (χ0) is 11.3. The van der Waals surface area contributed by atoms with Crippen LogP contribution in [0.15, 0.2) is 18.3 Å². The number of nitrogens with zero attached hydrogens (tertiary/aromatic N) is 1. The van der Waals surface area contributed by atoms with Crippen molar-refractivity contribution in [2.24, 2.45) is 0 Å². The third kappa shape index (κ3) is 4.79. The van der Waals surface area contributed by atoms with Gasteiger partial charge in [-0.15, -0.1) is 0 Å². The molecule has 0 aromatic carbocycles. The van der Waals surface area contributed by atoms with Crippen LogP contribution in [0.1, 0.15) is 26.5 Å². The molecule has 3 heteroatoms. The molecule has 0 aliphatic rings. The highest BCUT2D eigenvalue weighted by atomic mass is 16.5. The Bertz CT molecular complexity index is 282. The lowest BCUT2D eigenvalue weighted by Gasteiger charge is -2.16. The van der Waals surface area contributed by atoms with Crippen LogP contribution in [0.3, 0.4) is 0 Å². The zero-order valence-electron chi connectivity index (χ0n) is 9.95. The molecule has 1 unspecified atom stereocenters. The van der Waals surface area contributed by atoms with Gasteiger partial charge in [0.25, 0.3) is 0 Å². The molecule has 0 amide bonds. The summed E-state index contributed by atoms with van der Waals surface area (Å²) in [5, 5.41) is 3.33. The lowest BCUT2D eigenvalue weighted by Crippen LogP contribution is -2.33. The fourth-order valence-corrected chi connectivity index (χ4v) is 1.20. The molecule has 15 heavy (non-hydrogen) atoms. The molecule has 0 bridgehead atoms. The summed E-state index contributed by atoms with van der Waals surface area (Å²) in [5.74, 6) is 0.832. The summed E-state index contributed by atoms with van der Waals surface area (Å²) in [6.45, 7) is 9.12. The number of rotatable bonds is 5. The molecule has 1 heterocycles. The first-order chi connectivity index (χ1) is 7.08. The number of pyridine rings is 1. The molecular formula is C12H20N2O. The zero-order valence-corrected chi connectivity index (χ0v) is 9.95. The molecule has 0 aliphatic heterocycles. The molecule has 0 saturated heterocycles. The van der Waals surface area contributed by atoms with Crippen molar-refractivity contribution in [3.05, 3.63) is 24.0 Å². The van der Waals surface area contributed by atoms with Crippen LogP contribution in [0.5, 0.6) is 5.75 Å². The Morgan fingerprint density at radius 2 is 2.07 bits per heavy atom. The Kier molecular flexibility index (Phi) is 4.56. The Hall–Kier alpha value is -1.09. The van der Waals surface area contributed by atoms with Gasteiger partial charge in [0.1, 0.15) is 11.9 Å². The van der Waals surface area contributed by atoms with Crippen LogP contribution in [-0.4, -0.2) is 23.7 Å². The van der Waals surface area contributed by atoms with Crippen LogP contribution < -0.4 is 10.1 Å². The third-order valence-electron chi connectivity index (χ3n) is 2.04. The standard InChI is InChI=1S/C12H20N2O/c1-9(2)13-7-11(4)15-12-6-5-10(3)14-8-12/h5-6,8-9,11,13H,7H2,1-4H3. The number of aromatic nitrogens is 1. The average Bonchev–Trinajstić information content (AvgIpc) is 2.19. The van der Waals surface area contributed by atoms with E-state index in [-0.39, 0.29) is 6.10 Å². The van der Waals surface area contributed by atoms with E-state index in [4.69, 9.17) is 4.74 Å². The summed E-state index contributed by atoms with van der Waals surface area (Å²) < 4.78 is 5.69. The topological polar surface area (TPSA) is 34.1 Å². The van der Waals surface area contributed by atoms with Gasteiger partial charge in [0.05, 0.1) is 6.20 Å². The minimum atomic E-state index is 0.164. The van der Waals surface area contributed by atoms with Crippen LogP contribution in [0.25, 0.3) is 0 Å². The first-order valence-electron chi connectivity index (χ1n) is 5.40. The van der Waals surface area contributed by atoms with Gasteiger partial charge in [-0.3, -0.25) is 4.98 Å². The highest BCUT2D eigenvalue weighted by Crippen LogP contribution is 2.10. The molecule has 1 aromatic heterocycles. The van der Waals surface area contributed by atoms with E-state index in [1.54, 1.807) is 6.20 Å². The quantitative estimate of drug-likeness (QED) is 0.805. The summed E-state index contributed by atoms with van der Waals surface area (Å²) in [5.41, 5.74) is 1.01. The Morgan fingerprint density at radius 3 is 2.60 bits per heavy atom. The fraction of sp³-hybridized carbons (Fsp3) is 0.583. The van der Waals surface area contributed by atoms with E-state index in [9.17, 15) is 0 Å². The van der Waals surface area contributed by atoms with Gasteiger partial charge in [0.15, 0.2) is 0 Å². The summed E-state index contributed by atoms with van der Waals surface area (Å²) >= 11 is 0. The van der Waals surface area contributed by atoms with Gasteiger partial charge in [0, 0.05) is 18.3 Å². The normalized spacial score (nSPS) is 12.9. The molecule has 0 fully saturated rings. The molecule has 0 radical (unpaired) electrons. The first-order valence-corrected chi connectivity index (χ1v) is 5.40. The summed E-state index contributed by atoms with van der Waals surface area (Å²) in [7, 11) is 0. The van der Waals surface area contributed by atoms with E-state index in [2.05, 4.69) is 31.1 Å². The molecule has 1 aromatic rings. The van der Waals surface area contributed by atoms with E-state index < -0.39 is 0 Å². The van der Waals surface area contributed by atoms with Crippen LogP contribution in [0.2, 0.25) is 0 Å². The Balaban J connectivity index is 2.37. The highest BCUT2D eigenvalue weighted by molar-refractivity contribution is 5.19. The van der Waals surface area contributed by atoms with Crippen molar-refractivity contribution < 1.29 is 4.74 Å². The van der Waals surface area contributed by atoms with Crippen LogP contribution in [0, 0.1) is 6.92 Å². The van der Waals surface area contributed by atoms with Crippen molar-refractivity contribution >= 4 is 0 Å². The SMILES string of the molecule is Cc1ccc(OC(C)CNC(C)C)cn1. The predicted molar refractivity (Wildman–Crippen MR) is 62.2 cm³/mol. The Morgan fingerprint density at radius 1 is 1.33 bits per heavy atom. The summed E-state index contributed by atoms with van der Waals surface area (Å²) in [6.07, 6.45) is 1.93. The Labute approximate surface area is 91.9 Å². The van der Waals surface area contributed by atoms with Gasteiger partial charge in [0.2, 0.25) is 0 Å². The number of nitrogens with one attached hydrogen (secondary N) is 1. The lowest BCUT2D eigenvalue weighted by molar-refractivity contribution is 0.213. The maximum absolute atomic E-state index is 5.69. The second-order valence-corrected chi connectivity index (χ2v) is 4.13. The van der Waals surface area contributed by atoms with E-state index in [1.165, 1.54) is 0 Å². The average molecular weight is 208 g/mol. The van der Waals surface area contributed by atoms with Gasteiger partial charge in [-0.1, -0.05) is 13.8 Å². The van der Waals surface area contributed by atoms with Gasteiger partial charge in [-0.05, 0) is 26.0 Å². The maximum atomic E-state index is 5.69. The van der Waals surface area contributed by atoms with Crippen molar-refractivity contribution in [1.82, 2.24) is 10.3 Å². The van der Waals surface area contributed by atoms with Crippen molar-refractivity contribution in [2.75, 3.05) is 6.54 Å². The predicted octanol–water partition coefficient (Wildman–Crippen LogP) is 2.16. The molecule has 1 rings (SSSR count). The molecule has 3 nitrogen and oxygen atoms in total. The maximum Gasteiger partial charge on any atom is 0.138 e. The summed E-state index contributed by atoms with van der Waals surface area (Å²) in [4.78, 5) is 4.18. The van der Waals surface area contributed by atoms with E-state index in [0.717, 1.165) is 18.0 Å². The molecule has 1 atom stereocenters. The molecule has 0 aliphatic carbocycles.